The van der Waals surface area contributed by atoms with Gasteiger partial charge in [-0.2, -0.15) is 11.3 Å². The summed E-state index contributed by atoms with van der Waals surface area (Å²) in [5.41, 5.74) is 0.865. The highest BCUT2D eigenvalue weighted by molar-refractivity contribution is 7.07. The molecule has 0 saturated heterocycles. The third-order valence-corrected chi connectivity index (χ3v) is 3.60. The molecule has 2 rings (SSSR count). The topological polar surface area (TPSA) is 61.7 Å². The average molecular weight is 311 g/mol. The Balaban J connectivity index is 1.63. The van der Waals surface area contributed by atoms with Crippen LogP contribution >= 0.6 is 11.3 Å². The summed E-state index contributed by atoms with van der Waals surface area (Å²) >= 11 is 1.53. The fraction of sp³-hybridized carbons (Fsp3) is 0.333. The van der Waals surface area contributed by atoms with E-state index in [0.717, 1.165) is 5.56 Å². The minimum absolute atomic E-state index is 0.104. The van der Waals surface area contributed by atoms with Crippen LogP contribution in [0.1, 0.15) is 11.7 Å². The van der Waals surface area contributed by atoms with Gasteiger partial charge in [-0.3, -0.25) is 0 Å². The minimum atomic E-state index is -0.704. The summed E-state index contributed by atoms with van der Waals surface area (Å²) in [5, 5.41) is 26.4. The highest BCUT2D eigenvalue weighted by Crippen LogP contribution is 2.15. The van der Waals surface area contributed by atoms with Crippen LogP contribution in [0.2, 0.25) is 0 Å². The molecule has 6 heteroatoms. The van der Waals surface area contributed by atoms with Crippen LogP contribution < -0.4 is 10.1 Å². The van der Waals surface area contributed by atoms with Crippen LogP contribution in [-0.4, -0.2) is 36.0 Å². The van der Waals surface area contributed by atoms with E-state index in [2.05, 4.69) is 5.32 Å². The maximum absolute atomic E-state index is 12.7. The van der Waals surface area contributed by atoms with Crippen molar-refractivity contribution in [3.8, 4) is 5.75 Å². The Kier molecular flexibility index (Phi) is 6.13. The van der Waals surface area contributed by atoms with Crippen molar-refractivity contribution in [1.29, 1.82) is 0 Å². The Morgan fingerprint density at radius 1 is 1.14 bits per heavy atom. The second kappa shape index (κ2) is 8.09. The molecule has 114 valence electrons. The predicted octanol–water partition coefficient (Wildman–Crippen LogP) is 1.95. The molecule has 0 aliphatic heterocycles. The van der Waals surface area contributed by atoms with Crippen LogP contribution in [0.15, 0.2) is 41.1 Å². The van der Waals surface area contributed by atoms with Gasteiger partial charge in [-0.1, -0.05) is 0 Å². The molecule has 1 heterocycles. The van der Waals surface area contributed by atoms with Crippen LogP contribution in [-0.2, 0) is 0 Å². The number of ether oxygens (including phenoxy) is 1. The molecule has 2 atom stereocenters. The molecule has 0 amide bonds. The summed E-state index contributed by atoms with van der Waals surface area (Å²) in [6.45, 7) is 0.778. The summed E-state index contributed by atoms with van der Waals surface area (Å²) in [7, 11) is 0. The number of nitrogens with one attached hydrogen (secondary N) is 1. The molecule has 1 aromatic heterocycles. The van der Waals surface area contributed by atoms with Crippen LogP contribution in [0.4, 0.5) is 4.39 Å². The molecule has 0 bridgehead atoms. The van der Waals surface area contributed by atoms with E-state index < -0.39 is 12.2 Å². The number of benzene rings is 1. The van der Waals surface area contributed by atoms with Gasteiger partial charge < -0.3 is 20.3 Å². The first-order valence-corrected chi connectivity index (χ1v) is 7.56. The number of hydrogen-bond acceptors (Lipinski definition) is 5. The van der Waals surface area contributed by atoms with Crippen molar-refractivity contribution in [1.82, 2.24) is 5.32 Å². The molecule has 0 spiro atoms. The van der Waals surface area contributed by atoms with Crippen molar-refractivity contribution >= 4 is 11.3 Å². The summed E-state index contributed by atoms with van der Waals surface area (Å²) in [6, 6.07) is 7.49. The smallest absolute Gasteiger partial charge is 0.123 e. The van der Waals surface area contributed by atoms with Gasteiger partial charge in [0.15, 0.2) is 0 Å². The quantitative estimate of drug-likeness (QED) is 0.697. The van der Waals surface area contributed by atoms with Gasteiger partial charge in [-0.15, -0.1) is 0 Å². The van der Waals surface area contributed by atoms with E-state index in [1.54, 1.807) is 0 Å². The van der Waals surface area contributed by atoms with Crippen LogP contribution in [0.3, 0.4) is 0 Å². The third kappa shape index (κ3) is 5.43. The zero-order valence-corrected chi connectivity index (χ0v) is 12.2. The molecule has 3 N–H and O–H groups in total. The van der Waals surface area contributed by atoms with Crippen LogP contribution in [0.5, 0.6) is 5.75 Å². The number of rotatable bonds is 8. The Bertz CT molecular complexity index is 518. The molecule has 0 saturated carbocycles. The van der Waals surface area contributed by atoms with Gasteiger partial charge in [0.25, 0.3) is 0 Å². The van der Waals surface area contributed by atoms with Crippen molar-refractivity contribution in [2.75, 3.05) is 19.7 Å². The first kappa shape index (κ1) is 15.9. The number of halogens is 1. The fourth-order valence-corrected chi connectivity index (χ4v) is 2.46. The molecule has 4 nitrogen and oxygen atoms in total. The molecule has 0 aliphatic carbocycles. The summed E-state index contributed by atoms with van der Waals surface area (Å²) < 4.78 is 18.0. The summed E-state index contributed by atoms with van der Waals surface area (Å²) in [5.74, 6) is 0.181. The average Bonchev–Trinajstić information content (AvgIpc) is 3.01. The lowest BCUT2D eigenvalue weighted by Crippen LogP contribution is -2.33. The Labute approximate surface area is 126 Å². The monoisotopic (exact) mass is 311 g/mol. The van der Waals surface area contributed by atoms with Crippen molar-refractivity contribution in [2.24, 2.45) is 0 Å². The summed E-state index contributed by atoms with van der Waals surface area (Å²) in [6.07, 6.45) is -1.29. The van der Waals surface area contributed by atoms with Crippen molar-refractivity contribution < 1.29 is 19.3 Å². The van der Waals surface area contributed by atoms with Gasteiger partial charge in [0.1, 0.15) is 24.3 Å². The zero-order valence-electron chi connectivity index (χ0n) is 11.4. The van der Waals surface area contributed by atoms with E-state index in [-0.39, 0.29) is 12.4 Å². The third-order valence-electron chi connectivity index (χ3n) is 2.90. The lowest BCUT2D eigenvalue weighted by Gasteiger charge is -2.15. The van der Waals surface area contributed by atoms with Gasteiger partial charge >= 0.3 is 0 Å². The highest BCUT2D eigenvalue weighted by Gasteiger charge is 2.09. The Hall–Kier alpha value is -1.47. The molecule has 0 fully saturated rings. The lowest BCUT2D eigenvalue weighted by atomic mass is 10.2. The first-order chi connectivity index (χ1) is 10.1. The van der Waals surface area contributed by atoms with E-state index in [4.69, 9.17) is 4.74 Å². The number of thiophene rings is 1. The molecule has 0 radical (unpaired) electrons. The van der Waals surface area contributed by atoms with Gasteiger partial charge in [-0.05, 0) is 46.7 Å². The molecule has 2 unspecified atom stereocenters. The first-order valence-electron chi connectivity index (χ1n) is 6.62. The van der Waals surface area contributed by atoms with Crippen LogP contribution in [0.25, 0.3) is 0 Å². The zero-order chi connectivity index (χ0) is 15.1. The molecular formula is C15H18FNO3S. The molecule has 2 aromatic rings. The number of hydrogen-bond donors (Lipinski definition) is 3. The standard InChI is InChI=1S/C15H18FNO3S/c16-12-1-3-14(4-2-12)20-9-13(18)7-17-8-15(19)11-5-6-21-10-11/h1-6,10,13,15,17-19H,7-9H2. The molecule has 1 aromatic carbocycles. The highest BCUT2D eigenvalue weighted by atomic mass is 32.1. The number of aliphatic hydroxyl groups is 2. The minimum Gasteiger partial charge on any atom is -0.491 e. The van der Waals surface area contributed by atoms with Gasteiger partial charge in [0.05, 0.1) is 6.10 Å². The molecule has 0 aliphatic rings. The van der Waals surface area contributed by atoms with E-state index in [1.807, 2.05) is 16.8 Å². The number of aliphatic hydroxyl groups excluding tert-OH is 2. The second-order valence-corrected chi connectivity index (χ2v) is 5.43. The molecule has 21 heavy (non-hydrogen) atoms. The summed E-state index contributed by atoms with van der Waals surface area (Å²) in [4.78, 5) is 0. The van der Waals surface area contributed by atoms with E-state index >= 15 is 0 Å². The van der Waals surface area contributed by atoms with Gasteiger partial charge in [0, 0.05) is 13.1 Å². The van der Waals surface area contributed by atoms with Gasteiger partial charge in [-0.25, -0.2) is 4.39 Å². The molecular weight excluding hydrogens is 293 g/mol. The predicted molar refractivity (Wildman–Crippen MR) is 80.1 cm³/mol. The van der Waals surface area contributed by atoms with Crippen molar-refractivity contribution in [3.63, 3.8) is 0 Å². The normalized spacial score (nSPS) is 13.9. The van der Waals surface area contributed by atoms with E-state index in [0.29, 0.717) is 18.8 Å². The lowest BCUT2D eigenvalue weighted by molar-refractivity contribution is 0.0996. The van der Waals surface area contributed by atoms with Crippen molar-refractivity contribution in [3.05, 3.63) is 52.5 Å². The second-order valence-electron chi connectivity index (χ2n) is 4.65. The van der Waals surface area contributed by atoms with Crippen molar-refractivity contribution in [2.45, 2.75) is 12.2 Å². The van der Waals surface area contributed by atoms with Gasteiger partial charge in [0.2, 0.25) is 0 Å². The van der Waals surface area contributed by atoms with E-state index in [1.165, 1.54) is 35.6 Å². The van der Waals surface area contributed by atoms with E-state index in [9.17, 15) is 14.6 Å². The Morgan fingerprint density at radius 2 is 1.90 bits per heavy atom. The maximum atomic E-state index is 12.7. The maximum Gasteiger partial charge on any atom is 0.123 e. The Morgan fingerprint density at radius 3 is 2.57 bits per heavy atom. The van der Waals surface area contributed by atoms with Crippen LogP contribution in [0, 0.1) is 5.82 Å². The fourth-order valence-electron chi connectivity index (χ4n) is 1.75. The SMILES string of the molecule is OC(CNCC(O)c1ccsc1)COc1ccc(F)cc1. The largest absolute Gasteiger partial charge is 0.491 e.